The molecule has 1 aliphatic carbocycles. The number of nitrogens with zero attached hydrogens (tertiary/aromatic N) is 1. The molecule has 2 N–H and O–H groups in total. The number of thioether (sulfide) groups is 2. The standard InChI is InChI=1S/C14H21N3O4S2/c18-11(15-5-6-17-13(20)9-23-14(17)21)7-22-8-12(19)16-10-3-1-2-4-10/h10H,1-9H2,(H,15,18)(H,16,19). The highest BCUT2D eigenvalue weighted by Crippen LogP contribution is 2.18. The third-order valence-corrected chi connectivity index (χ3v) is 5.48. The molecule has 1 heterocycles. The minimum absolute atomic E-state index is 0.0278. The van der Waals surface area contributed by atoms with E-state index in [1.165, 1.54) is 24.6 Å². The van der Waals surface area contributed by atoms with Gasteiger partial charge in [-0.1, -0.05) is 24.6 Å². The number of imide groups is 1. The molecule has 2 fully saturated rings. The van der Waals surface area contributed by atoms with E-state index in [1.807, 2.05) is 0 Å². The molecule has 128 valence electrons. The fourth-order valence-corrected chi connectivity index (χ4v) is 3.94. The summed E-state index contributed by atoms with van der Waals surface area (Å²) in [6.45, 7) is 0.439. The summed E-state index contributed by atoms with van der Waals surface area (Å²) in [7, 11) is 0. The smallest absolute Gasteiger partial charge is 0.288 e. The number of amides is 4. The van der Waals surface area contributed by atoms with Crippen molar-refractivity contribution in [1.29, 1.82) is 0 Å². The number of carbonyl (C=O) groups excluding carboxylic acids is 4. The number of rotatable bonds is 8. The molecule has 0 spiro atoms. The third kappa shape index (κ3) is 6.06. The molecule has 0 aromatic rings. The molecule has 1 aliphatic heterocycles. The molecule has 0 radical (unpaired) electrons. The molecule has 2 aliphatic rings. The average Bonchev–Trinajstić information content (AvgIpc) is 3.11. The van der Waals surface area contributed by atoms with E-state index in [2.05, 4.69) is 10.6 Å². The highest BCUT2D eigenvalue weighted by molar-refractivity contribution is 8.14. The van der Waals surface area contributed by atoms with Crippen LogP contribution in [0.4, 0.5) is 4.79 Å². The molecular weight excluding hydrogens is 338 g/mol. The SMILES string of the molecule is O=C(CSCC(=O)NC1CCCC1)NCCN1C(=O)CSC1=O. The maximum absolute atomic E-state index is 11.7. The van der Waals surface area contributed by atoms with Crippen LogP contribution in [0.25, 0.3) is 0 Å². The predicted molar refractivity (Wildman–Crippen MR) is 90.3 cm³/mol. The van der Waals surface area contributed by atoms with E-state index >= 15 is 0 Å². The minimum Gasteiger partial charge on any atom is -0.354 e. The minimum atomic E-state index is -0.262. The Morgan fingerprint density at radius 3 is 2.52 bits per heavy atom. The first-order valence-corrected chi connectivity index (χ1v) is 9.81. The molecule has 2 rings (SSSR count). The van der Waals surface area contributed by atoms with Gasteiger partial charge >= 0.3 is 0 Å². The van der Waals surface area contributed by atoms with Gasteiger partial charge in [0.25, 0.3) is 5.24 Å². The Kier molecular flexibility index (Phi) is 7.22. The van der Waals surface area contributed by atoms with E-state index in [4.69, 9.17) is 0 Å². The summed E-state index contributed by atoms with van der Waals surface area (Å²) in [6, 6.07) is 0.297. The fraction of sp³-hybridized carbons (Fsp3) is 0.714. The zero-order valence-corrected chi connectivity index (χ0v) is 14.5. The lowest BCUT2D eigenvalue weighted by molar-refractivity contribution is -0.125. The van der Waals surface area contributed by atoms with Crippen LogP contribution in [0, 0.1) is 0 Å². The van der Waals surface area contributed by atoms with Crippen molar-refractivity contribution in [3.63, 3.8) is 0 Å². The summed E-state index contributed by atoms with van der Waals surface area (Å²) >= 11 is 2.24. The van der Waals surface area contributed by atoms with Gasteiger partial charge in [0, 0.05) is 19.1 Å². The quantitative estimate of drug-likeness (QED) is 0.659. The van der Waals surface area contributed by atoms with Gasteiger partial charge in [-0.25, -0.2) is 0 Å². The first-order valence-electron chi connectivity index (χ1n) is 7.67. The summed E-state index contributed by atoms with van der Waals surface area (Å²) in [5, 5.41) is 5.36. The van der Waals surface area contributed by atoms with Gasteiger partial charge in [-0.2, -0.15) is 0 Å². The summed E-state index contributed by atoms with van der Waals surface area (Å²) in [5.41, 5.74) is 0. The van der Waals surface area contributed by atoms with Crippen LogP contribution in [0.1, 0.15) is 25.7 Å². The Balaban J connectivity index is 1.52. The molecule has 4 amide bonds. The summed E-state index contributed by atoms with van der Waals surface area (Å²) in [5.74, 6) is 0.194. The highest BCUT2D eigenvalue weighted by Gasteiger charge is 2.29. The largest absolute Gasteiger partial charge is 0.354 e. The van der Waals surface area contributed by atoms with Gasteiger partial charge in [-0.05, 0) is 12.8 Å². The summed E-state index contributed by atoms with van der Waals surface area (Å²) in [6.07, 6.45) is 4.42. The van der Waals surface area contributed by atoms with Crippen LogP contribution >= 0.6 is 23.5 Å². The highest BCUT2D eigenvalue weighted by atomic mass is 32.2. The molecule has 1 saturated heterocycles. The summed E-state index contributed by atoms with van der Waals surface area (Å²) < 4.78 is 0. The molecule has 0 bridgehead atoms. The maximum Gasteiger partial charge on any atom is 0.288 e. The van der Waals surface area contributed by atoms with Crippen LogP contribution in [-0.2, 0) is 14.4 Å². The zero-order chi connectivity index (χ0) is 16.7. The molecule has 0 atom stereocenters. The summed E-state index contributed by atoms with van der Waals surface area (Å²) in [4.78, 5) is 47.2. The van der Waals surface area contributed by atoms with Crippen molar-refractivity contribution in [2.75, 3.05) is 30.3 Å². The number of carbonyl (C=O) groups is 4. The third-order valence-electron chi connectivity index (χ3n) is 3.68. The van der Waals surface area contributed by atoms with Gasteiger partial charge in [0.2, 0.25) is 17.7 Å². The van der Waals surface area contributed by atoms with Crippen molar-refractivity contribution in [2.45, 2.75) is 31.7 Å². The van der Waals surface area contributed by atoms with Crippen LogP contribution in [0.3, 0.4) is 0 Å². The van der Waals surface area contributed by atoms with Crippen molar-refractivity contribution >= 4 is 46.5 Å². The average molecular weight is 359 g/mol. The van der Waals surface area contributed by atoms with Gasteiger partial charge in [0.05, 0.1) is 17.3 Å². The maximum atomic E-state index is 11.7. The molecule has 0 aromatic heterocycles. The number of hydrogen-bond acceptors (Lipinski definition) is 6. The molecule has 0 unspecified atom stereocenters. The van der Waals surface area contributed by atoms with Crippen molar-refractivity contribution in [1.82, 2.24) is 15.5 Å². The number of hydrogen-bond donors (Lipinski definition) is 2. The molecular formula is C14H21N3O4S2. The second-order valence-corrected chi connectivity index (χ2v) is 7.40. The van der Waals surface area contributed by atoms with E-state index in [0.29, 0.717) is 6.04 Å². The van der Waals surface area contributed by atoms with Crippen molar-refractivity contribution in [3.8, 4) is 0 Å². The molecule has 0 aromatic carbocycles. The lowest BCUT2D eigenvalue weighted by atomic mass is 10.2. The van der Waals surface area contributed by atoms with Crippen molar-refractivity contribution < 1.29 is 19.2 Å². The van der Waals surface area contributed by atoms with Crippen molar-refractivity contribution in [2.24, 2.45) is 0 Å². The van der Waals surface area contributed by atoms with Gasteiger partial charge in [-0.3, -0.25) is 24.1 Å². The van der Waals surface area contributed by atoms with E-state index in [0.717, 1.165) is 29.5 Å². The first-order chi connectivity index (χ1) is 11.1. The Bertz CT molecular complexity index is 465. The van der Waals surface area contributed by atoms with E-state index in [9.17, 15) is 19.2 Å². The van der Waals surface area contributed by atoms with E-state index in [-0.39, 0.29) is 53.3 Å². The van der Waals surface area contributed by atoms with Crippen LogP contribution in [0.15, 0.2) is 0 Å². The van der Waals surface area contributed by atoms with Crippen LogP contribution in [0.5, 0.6) is 0 Å². The Labute approximate surface area is 143 Å². The van der Waals surface area contributed by atoms with E-state index < -0.39 is 0 Å². The first kappa shape index (κ1) is 18.1. The van der Waals surface area contributed by atoms with Crippen molar-refractivity contribution in [3.05, 3.63) is 0 Å². The van der Waals surface area contributed by atoms with E-state index in [1.54, 1.807) is 0 Å². The lowest BCUT2D eigenvalue weighted by Crippen LogP contribution is -2.38. The second-order valence-electron chi connectivity index (χ2n) is 5.49. The predicted octanol–water partition coefficient (Wildman–Crippen LogP) is 0.590. The van der Waals surface area contributed by atoms with Gasteiger partial charge in [0.1, 0.15) is 0 Å². The molecule has 7 nitrogen and oxygen atoms in total. The monoisotopic (exact) mass is 359 g/mol. The Hall–Kier alpha value is -1.22. The second kappa shape index (κ2) is 9.17. The number of nitrogens with one attached hydrogen (secondary N) is 2. The molecule has 9 heteroatoms. The Morgan fingerprint density at radius 1 is 1.17 bits per heavy atom. The fourth-order valence-electron chi connectivity index (χ4n) is 2.53. The van der Waals surface area contributed by atoms with Gasteiger partial charge < -0.3 is 10.6 Å². The van der Waals surface area contributed by atoms with Crippen LogP contribution in [-0.4, -0.2) is 64.3 Å². The lowest BCUT2D eigenvalue weighted by Gasteiger charge is -2.13. The van der Waals surface area contributed by atoms with Crippen LogP contribution < -0.4 is 10.6 Å². The van der Waals surface area contributed by atoms with Gasteiger partial charge in [0.15, 0.2) is 0 Å². The normalized spacial score (nSPS) is 18.5. The van der Waals surface area contributed by atoms with Crippen LogP contribution in [0.2, 0.25) is 0 Å². The molecule has 23 heavy (non-hydrogen) atoms. The molecule has 1 saturated carbocycles. The topological polar surface area (TPSA) is 95.6 Å². The van der Waals surface area contributed by atoms with Gasteiger partial charge in [-0.15, -0.1) is 11.8 Å². The zero-order valence-electron chi connectivity index (χ0n) is 12.8. The Morgan fingerprint density at radius 2 is 1.87 bits per heavy atom.